The highest BCUT2D eigenvalue weighted by molar-refractivity contribution is 6.33. The van der Waals surface area contributed by atoms with Crippen LogP contribution in [0.5, 0.6) is 0 Å². The molecule has 112 valence electrons. The molecule has 20 heavy (non-hydrogen) atoms. The van der Waals surface area contributed by atoms with Crippen LogP contribution in [-0.2, 0) is 11.2 Å². The lowest BCUT2D eigenvalue weighted by molar-refractivity contribution is 0.0576. The van der Waals surface area contributed by atoms with Crippen LogP contribution < -0.4 is 10.6 Å². The average molecular weight is 297 g/mol. The first kappa shape index (κ1) is 15.6. The van der Waals surface area contributed by atoms with Crippen LogP contribution >= 0.6 is 11.6 Å². The molecular weight excluding hydrogens is 272 g/mol. The molecule has 0 aromatic heterocycles. The summed E-state index contributed by atoms with van der Waals surface area (Å²) in [6.45, 7) is 4.78. The second kappa shape index (κ2) is 7.30. The fraction of sp³-hybridized carbons (Fsp3) is 0.625. The van der Waals surface area contributed by atoms with Gasteiger partial charge in [-0.2, -0.15) is 0 Å². The number of hydrogen-bond acceptors (Lipinski definition) is 3. The zero-order chi connectivity index (χ0) is 14.5. The predicted molar refractivity (Wildman–Crippen MR) is 85.6 cm³/mol. The second-order valence-electron chi connectivity index (χ2n) is 5.93. The van der Waals surface area contributed by atoms with Gasteiger partial charge >= 0.3 is 0 Å². The highest BCUT2D eigenvalue weighted by atomic mass is 35.5. The van der Waals surface area contributed by atoms with E-state index in [0.717, 1.165) is 36.9 Å². The van der Waals surface area contributed by atoms with E-state index in [-0.39, 0.29) is 6.04 Å². The molecule has 2 rings (SSSR count). The molecule has 1 fully saturated rings. The number of anilines is 1. The Hall–Kier alpha value is -0.770. The van der Waals surface area contributed by atoms with E-state index in [1.54, 1.807) is 0 Å². The molecule has 0 amide bonds. The van der Waals surface area contributed by atoms with Gasteiger partial charge in [0.15, 0.2) is 0 Å². The maximum atomic E-state index is 6.41. The van der Waals surface area contributed by atoms with Crippen LogP contribution in [0.4, 0.5) is 5.69 Å². The van der Waals surface area contributed by atoms with Crippen molar-refractivity contribution in [3.63, 3.8) is 0 Å². The molecule has 2 N–H and O–H groups in total. The molecule has 0 bridgehead atoms. The zero-order valence-electron chi connectivity index (χ0n) is 12.4. The Bertz CT molecular complexity index is 430. The Balaban J connectivity index is 2.00. The third-order valence-electron chi connectivity index (χ3n) is 3.77. The topological polar surface area (TPSA) is 38.5 Å². The predicted octanol–water partition coefficient (Wildman–Crippen LogP) is 3.09. The first-order valence-electron chi connectivity index (χ1n) is 7.39. The van der Waals surface area contributed by atoms with Crippen molar-refractivity contribution in [1.29, 1.82) is 0 Å². The number of hydrogen-bond donors (Lipinski definition) is 1. The van der Waals surface area contributed by atoms with Crippen LogP contribution in [0.15, 0.2) is 18.2 Å². The maximum Gasteiger partial charge on any atom is 0.0642 e. The van der Waals surface area contributed by atoms with Crippen molar-refractivity contribution in [2.75, 3.05) is 31.7 Å². The quantitative estimate of drug-likeness (QED) is 0.907. The fourth-order valence-corrected chi connectivity index (χ4v) is 3.14. The van der Waals surface area contributed by atoms with Gasteiger partial charge in [0.2, 0.25) is 0 Å². The summed E-state index contributed by atoms with van der Waals surface area (Å²) in [6.07, 6.45) is 3.27. The fourth-order valence-electron chi connectivity index (χ4n) is 2.80. The monoisotopic (exact) mass is 296 g/mol. The summed E-state index contributed by atoms with van der Waals surface area (Å²) in [5.41, 5.74) is 8.11. The first-order chi connectivity index (χ1) is 9.56. The van der Waals surface area contributed by atoms with E-state index in [4.69, 9.17) is 22.1 Å². The summed E-state index contributed by atoms with van der Waals surface area (Å²) >= 11 is 6.41. The Morgan fingerprint density at radius 1 is 1.50 bits per heavy atom. The van der Waals surface area contributed by atoms with Gasteiger partial charge in [0.05, 0.1) is 17.3 Å². The lowest BCUT2D eigenvalue weighted by Gasteiger charge is -2.29. The van der Waals surface area contributed by atoms with Crippen LogP contribution in [0.3, 0.4) is 0 Å². The highest BCUT2D eigenvalue weighted by Gasteiger charge is 2.17. The lowest BCUT2D eigenvalue weighted by atomic mass is 10.0. The van der Waals surface area contributed by atoms with Gasteiger partial charge in [0.1, 0.15) is 0 Å². The summed E-state index contributed by atoms with van der Waals surface area (Å²) in [5.74, 6) is 0.605. The minimum absolute atomic E-state index is 0.161. The summed E-state index contributed by atoms with van der Waals surface area (Å²) in [7, 11) is 2.10. The minimum atomic E-state index is 0.161. The van der Waals surface area contributed by atoms with Crippen molar-refractivity contribution >= 4 is 17.3 Å². The van der Waals surface area contributed by atoms with Crippen molar-refractivity contribution in [2.45, 2.75) is 32.2 Å². The third-order valence-corrected chi connectivity index (χ3v) is 4.07. The number of halogens is 1. The normalized spacial score (nSPS) is 20.7. The standard InChI is InChI=1S/C16H25ClN2O/c1-12(18)8-13-5-6-16(15(17)9-13)19(2)10-14-4-3-7-20-11-14/h5-6,9,12,14H,3-4,7-8,10-11,18H2,1-2H3. The van der Waals surface area contributed by atoms with E-state index in [1.165, 1.54) is 18.4 Å². The molecule has 1 heterocycles. The highest BCUT2D eigenvalue weighted by Crippen LogP contribution is 2.28. The molecule has 3 nitrogen and oxygen atoms in total. The molecule has 0 aliphatic carbocycles. The number of nitrogens with two attached hydrogens (primary N) is 1. The van der Waals surface area contributed by atoms with Gasteiger partial charge in [-0.3, -0.25) is 0 Å². The molecule has 0 spiro atoms. The molecule has 1 aromatic rings. The second-order valence-corrected chi connectivity index (χ2v) is 6.34. The molecule has 1 aliphatic rings. The van der Waals surface area contributed by atoms with E-state index >= 15 is 0 Å². The van der Waals surface area contributed by atoms with Crippen molar-refractivity contribution < 1.29 is 4.74 Å². The van der Waals surface area contributed by atoms with Gasteiger partial charge in [-0.25, -0.2) is 0 Å². The number of ether oxygens (including phenoxy) is 1. The van der Waals surface area contributed by atoms with E-state index in [0.29, 0.717) is 5.92 Å². The maximum absolute atomic E-state index is 6.41. The summed E-state index contributed by atoms with van der Waals surface area (Å²) in [4.78, 5) is 2.23. The van der Waals surface area contributed by atoms with Gasteiger partial charge in [-0.15, -0.1) is 0 Å². The van der Waals surface area contributed by atoms with Crippen molar-refractivity contribution in [3.8, 4) is 0 Å². The zero-order valence-corrected chi connectivity index (χ0v) is 13.2. The minimum Gasteiger partial charge on any atom is -0.381 e. The number of benzene rings is 1. The van der Waals surface area contributed by atoms with Crippen LogP contribution in [0, 0.1) is 5.92 Å². The number of nitrogens with zero attached hydrogens (tertiary/aromatic N) is 1. The van der Waals surface area contributed by atoms with Crippen molar-refractivity contribution in [1.82, 2.24) is 0 Å². The molecule has 2 unspecified atom stereocenters. The van der Waals surface area contributed by atoms with Crippen LogP contribution in [0.25, 0.3) is 0 Å². The SMILES string of the molecule is CC(N)Cc1ccc(N(C)CC2CCCOC2)c(Cl)c1. The molecule has 1 aliphatic heterocycles. The molecule has 0 saturated carbocycles. The molecule has 1 saturated heterocycles. The summed E-state index contributed by atoms with van der Waals surface area (Å²) < 4.78 is 5.54. The van der Waals surface area contributed by atoms with E-state index in [2.05, 4.69) is 24.1 Å². The van der Waals surface area contributed by atoms with Gasteiger partial charge in [-0.1, -0.05) is 17.7 Å². The smallest absolute Gasteiger partial charge is 0.0642 e. The Kier molecular flexibility index (Phi) is 5.70. The summed E-state index contributed by atoms with van der Waals surface area (Å²) in [6, 6.07) is 6.42. The lowest BCUT2D eigenvalue weighted by Crippen LogP contribution is -2.31. The molecular formula is C16H25ClN2O. The van der Waals surface area contributed by atoms with Gasteiger partial charge in [0.25, 0.3) is 0 Å². The molecule has 4 heteroatoms. The van der Waals surface area contributed by atoms with E-state index < -0.39 is 0 Å². The van der Waals surface area contributed by atoms with Crippen LogP contribution in [0.2, 0.25) is 5.02 Å². The van der Waals surface area contributed by atoms with E-state index in [9.17, 15) is 0 Å². The first-order valence-corrected chi connectivity index (χ1v) is 7.77. The largest absolute Gasteiger partial charge is 0.381 e. The Morgan fingerprint density at radius 3 is 2.90 bits per heavy atom. The van der Waals surface area contributed by atoms with Gasteiger partial charge in [-0.05, 0) is 49.8 Å². The van der Waals surface area contributed by atoms with Gasteiger partial charge in [0, 0.05) is 26.2 Å². The molecule has 1 aromatic carbocycles. The van der Waals surface area contributed by atoms with Crippen molar-refractivity contribution in [3.05, 3.63) is 28.8 Å². The van der Waals surface area contributed by atoms with Gasteiger partial charge < -0.3 is 15.4 Å². The van der Waals surface area contributed by atoms with Crippen LogP contribution in [0.1, 0.15) is 25.3 Å². The summed E-state index contributed by atoms with van der Waals surface area (Å²) in [5, 5.41) is 0.808. The average Bonchev–Trinajstić information content (AvgIpc) is 2.39. The molecule has 2 atom stereocenters. The Labute approximate surface area is 127 Å². The Morgan fingerprint density at radius 2 is 2.30 bits per heavy atom. The number of rotatable bonds is 5. The third kappa shape index (κ3) is 4.37. The van der Waals surface area contributed by atoms with E-state index in [1.807, 2.05) is 13.0 Å². The molecule has 0 radical (unpaired) electrons. The van der Waals surface area contributed by atoms with Crippen molar-refractivity contribution in [2.24, 2.45) is 11.7 Å². The van der Waals surface area contributed by atoms with Crippen LogP contribution in [-0.4, -0.2) is 32.8 Å².